The van der Waals surface area contributed by atoms with Crippen molar-refractivity contribution >= 4 is 5.78 Å². The molecule has 2 heteroatoms. The van der Waals surface area contributed by atoms with Crippen molar-refractivity contribution < 1.29 is 9.53 Å². The highest BCUT2D eigenvalue weighted by atomic mass is 16.5. The highest BCUT2D eigenvalue weighted by Crippen LogP contribution is 2.50. The fourth-order valence-corrected chi connectivity index (χ4v) is 3.38. The molecule has 2 nitrogen and oxygen atoms in total. The van der Waals surface area contributed by atoms with Gasteiger partial charge in [-0.3, -0.25) is 4.79 Å². The molecule has 1 saturated carbocycles. The number of hydrogen-bond acceptors (Lipinski definition) is 2. The predicted molar refractivity (Wildman–Crippen MR) is 59.7 cm³/mol. The summed E-state index contributed by atoms with van der Waals surface area (Å²) in [6.07, 6.45) is 3.88. The van der Waals surface area contributed by atoms with E-state index in [0.29, 0.717) is 17.6 Å². The number of carbonyl (C=O) groups excluding carboxylic acids is 1. The lowest BCUT2D eigenvalue weighted by molar-refractivity contribution is -0.231. The fourth-order valence-electron chi connectivity index (χ4n) is 3.38. The molecule has 0 unspecified atom stereocenters. The Bertz CT molecular complexity index is 284. The number of rotatable bonds is 2. The number of Topliss-reactive ketones (excluding diaryl/α,β-unsaturated/α-hetero) is 1. The number of hydrogen-bond donors (Lipinski definition) is 0. The molecule has 0 aromatic carbocycles. The lowest BCUT2D eigenvalue weighted by atomic mass is 9.65. The maximum Gasteiger partial charge on any atom is 0.164 e. The van der Waals surface area contributed by atoms with E-state index in [1.807, 2.05) is 6.92 Å². The first-order valence-corrected chi connectivity index (χ1v) is 6.09. The van der Waals surface area contributed by atoms with Crippen LogP contribution in [0.3, 0.4) is 0 Å². The Hall–Kier alpha value is -0.370. The van der Waals surface area contributed by atoms with Crippen molar-refractivity contribution in [1.29, 1.82) is 0 Å². The maximum absolute atomic E-state index is 11.8. The van der Waals surface area contributed by atoms with Crippen LogP contribution in [-0.4, -0.2) is 17.0 Å². The number of carbonyl (C=O) groups is 1. The van der Waals surface area contributed by atoms with Gasteiger partial charge in [0.05, 0.1) is 5.60 Å². The average molecular weight is 210 g/mol. The first kappa shape index (κ1) is 11.1. The summed E-state index contributed by atoms with van der Waals surface area (Å²) in [5.74, 6) is 1.40. The first-order chi connectivity index (χ1) is 6.86. The van der Waals surface area contributed by atoms with Crippen molar-refractivity contribution in [1.82, 2.24) is 0 Å². The smallest absolute Gasteiger partial charge is 0.164 e. The van der Waals surface area contributed by atoms with Crippen LogP contribution in [0.15, 0.2) is 0 Å². The van der Waals surface area contributed by atoms with Crippen LogP contribution in [0, 0.1) is 11.8 Å². The van der Waals surface area contributed by atoms with Gasteiger partial charge in [0.15, 0.2) is 5.78 Å². The molecule has 0 amide bonds. The van der Waals surface area contributed by atoms with Crippen molar-refractivity contribution in [2.75, 3.05) is 0 Å². The van der Waals surface area contributed by atoms with Gasteiger partial charge in [-0.2, -0.15) is 0 Å². The minimum absolute atomic E-state index is 0.0604. The van der Waals surface area contributed by atoms with Crippen LogP contribution in [0.1, 0.15) is 53.4 Å². The van der Waals surface area contributed by atoms with Crippen LogP contribution in [0.25, 0.3) is 0 Å². The molecule has 3 fully saturated rings. The molecule has 3 rings (SSSR count). The Kier molecular flexibility index (Phi) is 2.45. The first-order valence-electron chi connectivity index (χ1n) is 6.09. The molecule has 3 aliphatic rings. The topological polar surface area (TPSA) is 26.3 Å². The minimum Gasteiger partial charge on any atom is -0.361 e. The van der Waals surface area contributed by atoms with E-state index in [-0.39, 0.29) is 5.60 Å². The summed E-state index contributed by atoms with van der Waals surface area (Å²) in [5.41, 5.74) is -0.534. The van der Waals surface area contributed by atoms with Crippen molar-refractivity contribution in [3.63, 3.8) is 0 Å². The van der Waals surface area contributed by atoms with Crippen molar-refractivity contribution in [3.05, 3.63) is 0 Å². The lowest BCUT2D eigenvalue weighted by Gasteiger charge is -2.54. The molecule has 1 aliphatic carbocycles. The van der Waals surface area contributed by atoms with Crippen LogP contribution in [0.2, 0.25) is 0 Å². The summed E-state index contributed by atoms with van der Waals surface area (Å²) in [7, 11) is 0. The third-order valence-corrected chi connectivity index (χ3v) is 4.13. The summed E-state index contributed by atoms with van der Waals surface area (Å²) >= 11 is 0. The van der Waals surface area contributed by atoms with Crippen LogP contribution in [0.4, 0.5) is 0 Å². The Morgan fingerprint density at radius 2 is 2.13 bits per heavy atom. The monoisotopic (exact) mass is 210 g/mol. The Morgan fingerprint density at radius 3 is 2.60 bits per heavy atom. The quantitative estimate of drug-likeness (QED) is 0.700. The van der Waals surface area contributed by atoms with Crippen LogP contribution >= 0.6 is 0 Å². The summed E-state index contributed by atoms with van der Waals surface area (Å²) in [4.78, 5) is 11.8. The third kappa shape index (κ3) is 1.73. The zero-order valence-corrected chi connectivity index (χ0v) is 10.3. The molecule has 2 aliphatic heterocycles. The fraction of sp³-hybridized carbons (Fsp3) is 0.923. The molecular formula is C13H22O2. The molecule has 15 heavy (non-hydrogen) atoms. The third-order valence-electron chi connectivity index (χ3n) is 4.13. The Labute approximate surface area is 92.4 Å². The molecule has 3 atom stereocenters. The van der Waals surface area contributed by atoms with Crippen molar-refractivity contribution in [2.45, 2.75) is 64.6 Å². The minimum atomic E-state index is -0.474. The van der Waals surface area contributed by atoms with Gasteiger partial charge in [-0.05, 0) is 44.9 Å². The molecule has 0 radical (unpaired) electrons. The summed E-state index contributed by atoms with van der Waals surface area (Å²) < 4.78 is 6.13. The van der Waals surface area contributed by atoms with Gasteiger partial charge in [-0.15, -0.1) is 0 Å². The van der Waals surface area contributed by atoms with E-state index in [4.69, 9.17) is 4.74 Å². The van der Waals surface area contributed by atoms with E-state index >= 15 is 0 Å². The molecular weight excluding hydrogens is 188 g/mol. The normalized spacial score (nSPS) is 45.1. The zero-order valence-electron chi connectivity index (χ0n) is 10.3. The van der Waals surface area contributed by atoms with Gasteiger partial charge in [-0.25, -0.2) is 0 Å². The molecule has 86 valence electrons. The average Bonchev–Trinajstić information content (AvgIpc) is 2.06. The molecule has 0 N–H and O–H groups in total. The highest BCUT2D eigenvalue weighted by molar-refractivity contribution is 5.88. The molecule has 0 spiro atoms. The molecule has 2 saturated heterocycles. The second-order valence-corrected chi connectivity index (χ2v) is 6.11. The summed E-state index contributed by atoms with van der Waals surface area (Å²) in [6.45, 7) is 8.62. The van der Waals surface area contributed by atoms with Gasteiger partial charge in [0.25, 0.3) is 0 Å². The molecule has 2 heterocycles. The van der Waals surface area contributed by atoms with E-state index in [2.05, 4.69) is 20.8 Å². The SMILES string of the molecule is CC(C)C[C@@]1(C)O[C@@]2(C)CC[C@@H]1CC2=O. The van der Waals surface area contributed by atoms with E-state index in [1.165, 1.54) is 0 Å². The van der Waals surface area contributed by atoms with E-state index < -0.39 is 5.60 Å². The second kappa shape index (κ2) is 3.31. The molecule has 0 aromatic rings. The van der Waals surface area contributed by atoms with Crippen LogP contribution in [0.5, 0.6) is 0 Å². The van der Waals surface area contributed by atoms with Gasteiger partial charge in [-0.1, -0.05) is 13.8 Å². The zero-order chi connectivity index (χ0) is 11.3. The number of fused-ring (bicyclic) bond motifs is 3. The number of ketones is 1. The number of ether oxygens (including phenoxy) is 1. The van der Waals surface area contributed by atoms with Gasteiger partial charge >= 0.3 is 0 Å². The second-order valence-electron chi connectivity index (χ2n) is 6.11. The van der Waals surface area contributed by atoms with E-state index in [1.54, 1.807) is 0 Å². The Morgan fingerprint density at radius 1 is 1.47 bits per heavy atom. The largest absolute Gasteiger partial charge is 0.361 e. The summed E-state index contributed by atoms with van der Waals surface area (Å²) in [6, 6.07) is 0. The van der Waals surface area contributed by atoms with Crippen molar-refractivity contribution in [3.8, 4) is 0 Å². The van der Waals surface area contributed by atoms with E-state index in [9.17, 15) is 4.79 Å². The maximum atomic E-state index is 11.8. The van der Waals surface area contributed by atoms with Crippen molar-refractivity contribution in [2.24, 2.45) is 11.8 Å². The summed E-state index contributed by atoms with van der Waals surface area (Å²) in [5, 5.41) is 0. The van der Waals surface area contributed by atoms with Gasteiger partial charge < -0.3 is 4.74 Å². The highest BCUT2D eigenvalue weighted by Gasteiger charge is 2.55. The van der Waals surface area contributed by atoms with Gasteiger partial charge in [0, 0.05) is 6.42 Å². The van der Waals surface area contributed by atoms with Crippen LogP contribution < -0.4 is 0 Å². The van der Waals surface area contributed by atoms with Gasteiger partial charge in [0.1, 0.15) is 5.60 Å². The standard InChI is InChI=1S/C13H22O2/c1-9(2)8-13(4)10-5-6-12(3,15-13)11(14)7-10/h9-10H,5-8H2,1-4H3/t10-,12+,13-/m1/s1. The predicted octanol–water partition coefficient (Wildman–Crippen LogP) is 2.95. The van der Waals surface area contributed by atoms with Gasteiger partial charge in [0.2, 0.25) is 0 Å². The molecule has 0 aromatic heterocycles. The molecule has 2 bridgehead atoms. The van der Waals surface area contributed by atoms with E-state index in [0.717, 1.165) is 25.7 Å². The van der Waals surface area contributed by atoms with Crippen LogP contribution in [-0.2, 0) is 9.53 Å². The Balaban J connectivity index is 2.21. The lowest BCUT2D eigenvalue weighted by Crippen LogP contribution is -2.60.